The lowest BCUT2D eigenvalue weighted by molar-refractivity contribution is 0.254. The maximum atomic E-state index is 6.25. The molecule has 1 heterocycles. The van der Waals surface area contributed by atoms with Crippen molar-refractivity contribution in [2.45, 2.75) is 84.1 Å². The van der Waals surface area contributed by atoms with Gasteiger partial charge in [0.15, 0.2) is 8.32 Å². The van der Waals surface area contributed by atoms with Gasteiger partial charge in [0.25, 0.3) is 0 Å². The molecule has 3 nitrogen and oxygen atoms in total. The maximum absolute atomic E-state index is 6.25. The first-order valence-corrected chi connectivity index (χ1v) is 11.6. The fourth-order valence-electron chi connectivity index (χ4n) is 2.58. The number of hydrogen-bond acceptors (Lipinski definition) is 3. The summed E-state index contributed by atoms with van der Waals surface area (Å²) < 4.78 is 6.25. The summed E-state index contributed by atoms with van der Waals surface area (Å²) in [6, 6.07) is 1.28. The van der Waals surface area contributed by atoms with Crippen molar-refractivity contribution < 1.29 is 4.43 Å². The van der Waals surface area contributed by atoms with Crippen LogP contribution in [0.15, 0.2) is 0 Å². The molecule has 126 valence electrons. The van der Waals surface area contributed by atoms with Gasteiger partial charge in [0.1, 0.15) is 0 Å². The SMILES string of the molecule is CC(C)C[C@@H]1CN[C@@H](CCCO[Si](C)(C)C(C)(C)C)CN1. The van der Waals surface area contributed by atoms with Gasteiger partial charge in [0.2, 0.25) is 0 Å². The fourth-order valence-corrected chi connectivity index (χ4v) is 3.66. The van der Waals surface area contributed by atoms with Gasteiger partial charge in [0.05, 0.1) is 0 Å². The summed E-state index contributed by atoms with van der Waals surface area (Å²) in [6.45, 7) is 19.3. The zero-order valence-electron chi connectivity index (χ0n) is 15.4. The first-order chi connectivity index (χ1) is 9.62. The van der Waals surface area contributed by atoms with Gasteiger partial charge >= 0.3 is 0 Å². The van der Waals surface area contributed by atoms with Gasteiger partial charge in [-0.1, -0.05) is 34.6 Å². The average molecular weight is 315 g/mol. The fraction of sp³-hybridized carbons (Fsp3) is 1.00. The van der Waals surface area contributed by atoms with E-state index in [0.717, 1.165) is 25.6 Å². The lowest BCUT2D eigenvalue weighted by atomic mass is 10.00. The minimum atomic E-state index is -1.56. The Labute approximate surface area is 133 Å². The Morgan fingerprint density at radius 3 is 2.14 bits per heavy atom. The third kappa shape index (κ3) is 6.81. The molecule has 1 saturated heterocycles. The van der Waals surface area contributed by atoms with Crippen molar-refractivity contribution in [3.63, 3.8) is 0 Å². The number of piperazine rings is 1. The van der Waals surface area contributed by atoms with Crippen molar-refractivity contribution in [2.24, 2.45) is 5.92 Å². The number of rotatable bonds is 7. The van der Waals surface area contributed by atoms with Crippen LogP contribution in [-0.2, 0) is 4.43 Å². The van der Waals surface area contributed by atoms with E-state index in [-0.39, 0.29) is 0 Å². The molecule has 4 heteroatoms. The lowest BCUT2D eigenvalue weighted by Crippen LogP contribution is -2.54. The molecule has 0 aromatic carbocycles. The third-order valence-electron chi connectivity index (χ3n) is 5.03. The second kappa shape index (κ2) is 8.09. The molecule has 0 bridgehead atoms. The molecule has 21 heavy (non-hydrogen) atoms. The summed E-state index contributed by atoms with van der Waals surface area (Å²) in [5.41, 5.74) is 0. The topological polar surface area (TPSA) is 33.3 Å². The zero-order valence-corrected chi connectivity index (χ0v) is 16.4. The van der Waals surface area contributed by atoms with Crippen molar-refractivity contribution in [1.82, 2.24) is 10.6 Å². The Balaban J connectivity index is 2.15. The lowest BCUT2D eigenvalue weighted by Gasteiger charge is -2.36. The van der Waals surface area contributed by atoms with Crippen molar-refractivity contribution in [1.29, 1.82) is 0 Å². The highest BCUT2D eigenvalue weighted by atomic mass is 28.4. The van der Waals surface area contributed by atoms with Gasteiger partial charge in [0, 0.05) is 31.8 Å². The largest absolute Gasteiger partial charge is 0.417 e. The number of nitrogens with one attached hydrogen (secondary N) is 2. The monoisotopic (exact) mass is 314 g/mol. The molecule has 0 aromatic rings. The first-order valence-electron chi connectivity index (χ1n) is 8.72. The second-order valence-electron chi connectivity index (χ2n) is 8.59. The van der Waals surface area contributed by atoms with Gasteiger partial charge in [-0.05, 0) is 43.3 Å². The summed E-state index contributed by atoms with van der Waals surface area (Å²) in [7, 11) is -1.56. The Kier molecular flexibility index (Phi) is 7.38. The predicted octanol–water partition coefficient (Wildman–Crippen LogP) is 3.76. The Morgan fingerprint density at radius 2 is 1.67 bits per heavy atom. The summed E-state index contributed by atoms with van der Waals surface area (Å²) in [5.74, 6) is 0.777. The maximum Gasteiger partial charge on any atom is 0.191 e. The van der Waals surface area contributed by atoms with E-state index in [1.54, 1.807) is 0 Å². The van der Waals surface area contributed by atoms with E-state index < -0.39 is 8.32 Å². The highest BCUT2D eigenvalue weighted by molar-refractivity contribution is 6.74. The van der Waals surface area contributed by atoms with Crippen LogP contribution >= 0.6 is 0 Å². The van der Waals surface area contributed by atoms with Crippen LogP contribution in [0.5, 0.6) is 0 Å². The summed E-state index contributed by atoms with van der Waals surface area (Å²) in [6.07, 6.45) is 3.66. The summed E-state index contributed by atoms with van der Waals surface area (Å²) in [5, 5.41) is 7.70. The van der Waals surface area contributed by atoms with Crippen LogP contribution in [0.3, 0.4) is 0 Å². The summed E-state index contributed by atoms with van der Waals surface area (Å²) in [4.78, 5) is 0. The van der Waals surface area contributed by atoms with Gasteiger partial charge in [-0.2, -0.15) is 0 Å². The van der Waals surface area contributed by atoms with E-state index in [0.29, 0.717) is 17.1 Å². The van der Waals surface area contributed by atoms with Crippen LogP contribution in [0.1, 0.15) is 53.9 Å². The first kappa shape index (κ1) is 19.1. The Hall–Kier alpha value is 0.0969. The molecule has 0 aliphatic carbocycles. The standard InChI is InChI=1S/C17H38N2OSi/c1-14(2)11-16-13-18-15(12-19-16)9-8-10-20-21(6,7)17(3,4)5/h14-16,18-19H,8-13H2,1-7H3/t15-,16+/m0/s1. The molecule has 1 fully saturated rings. The Bertz CT molecular complexity index is 292. The molecule has 2 N–H and O–H groups in total. The molecular weight excluding hydrogens is 276 g/mol. The van der Waals surface area contributed by atoms with E-state index >= 15 is 0 Å². The van der Waals surface area contributed by atoms with Gasteiger partial charge in [-0.3, -0.25) is 0 Å². The molecule has 0 amide bonds. The van der Waals surface area contributed by atoms with Crippen molar-refractivity contribution in [2.75, 3.05) is 19.7 Å². The molecule has 1 rings (SSSR count). The molecule has 2 atom stereocenters. The molecule has 0 saturated carbocycles. The molecule has 1 aliphatic heterocycles. The quantitative estimate of drug-likeness (QED) is 0.554. The van der Waals surface area contributed by atoms with Crippen LogP contribution in [0.4, 0.5) is 0 Å². The zero-order chi connectivity index (χ0) is 16.1. The predicted molar refractivity (Wildman–Crippen MR) is 95.4 cm³/mol. The van der Waals surface area contributed by atoms with Crippen molar-refractivity contribution in [3.05, 3.63) is 0 Å². The van der Waals surface area contributed by atoms with Gasteiger partial charge in [-0.15, -0.1) is 0 Å². The normalized spacial score (nSPS) is 24.6. The highest BCUT2D eigenvalue weighted by Gasteiger charge is 2.36. The molecule has 0 radical (unpaired) electrons. The molecule has 0 unspecified atom stereocenters. The molecule has 0 aromatic heterocycles. The van der Waals surface area contributed by atoms with Crippen molar-refractivity contribution in [3.8, 4) is 0 Å². The van der Waals surface area contributed by atoms with E-state index in [4.69, 9.17) is 4.43 Å². The van der Waals surface area contributed by atoms with Crippen LogP contribution in [-0.4, -0.2) is 40.1 Å². The van der Waals surface area contributed by atoms with E-state index in [1.165, 1.54) is 19.3 Å². The molecular formula is C17H38N2OSi. The van der Waals surface area contributed by atoms with Crippen molar-refractivity contribution >= 4 is 8.32 Å². The van der Waals surface area contributed by atoms with Crippen LogP contribution in [0.25, 0.3) is 0 Å². The van der Waals surface area contributed by atoms with Crippen LogP contribution in [0.2, 0.25) is 18.1 Å². The second-order valence-corrected chi connectivity index (χ2v) is 13.4. The van der Waals surface area contributed by atoms with E-state index in [9.17, 15) is 0 Å². The van der Waals surface area contributed by atoms with Gasteiger partial charge in [-0.25, -0.2) is 0 Å². The Morgan fingerprint density at radius 1 is 1.10 bits per heavy atom. The third-order valence-corrected chi connectivity index (χ3v) is 9.57. The minimum Gasteiger partial charge on any atom is -0.417 e. The van der Waals surface area contributed by atoms with Crippen LogP contribution in [0, 0.1) is 5.92 Å². The minimum absolute atomic E-state index is 0.321. The average Bonchev–Trinajstić information content (AvgIpc) is 2.34. The summed E-state index contributed by atoms with van der Waals surface area (Å²) >= 11 is 0. The van der Waals surface area contributed by atoms with Crippen LogP contribution < -0.4 is 10.6 Å². The molecule has 1 aliphatic rings. The number of hydrogen-bond donors (Lipinski definition) is 2. The van der Waals surface area contributed by atoms with E-state index in [1.807, 2.05) is 0 Å². The van der Waals surface area contributed by atoms with E-state index in [2.05, 4.69) is 58.3 Å². The molecule has 0 spiro atoms. The van der Waals surface area contributed by atoms with Gasteiger partial charge < -0.3 is 15.1 Å². The smallest absolute Gasteiger partial charge is 0.191 e. The highest BCUT2D eigenvalue weighted by Crippen LogP contribution is 2.36.